The molecule has 1 aromatic heterocycles. The van der Waals surface area contributed by atoms with Crippen LogP contribution in [-0.4, -0.2) is 16.2 Å². The molecule has 0 bridgehead atoms. The molecule has 3 aromatic rings. The fourth-order valence-electron chi connectivity index (χ4n) is 2.73. The second-order valence-electron chi connectivity index (χ2n) is 5.70. The minimum Gasteiger partial charge on any atom is -0.320 e. The lowest BCUT2D eigenvalue weighted by atomic mass is 10.1. The first-order valence-corrected chi connectivity index (χ1v) is 8.73. The van der Waals surface area contributed by atoms with Gasteiger partial charge in [-0.05, 0) is 23.8 Å². The van der Waals surface area contributed by atoms with Gasteiger partial charge in [-0.3, -0.25) is 4.79 Å². The van der Waals surface area contributed by atoms with Crippen molar-refractivity contribution in [3.8, 4) is 17.3 Å². The number of hydrogen-bond donors (Lipinski definition) is 1. The van der Waals surface area contributed by atoms with Crippen LogP contribution < -0.4 is 10.1 Å². The van der Waals surface area contributed by atoms with Gasteiger partial charge in [0.1, 0.15) is 0 Å². The quantitative estimate of drug-likeness (QED) is 0.714. The van der Waals surface area contributed by atoms with Crippen molar-refractivity contribution in [1.29, 1.82) is 5.26 Å². The summed E-state index contributed by atoms with van der Waals surface area (Å²) >= 11 is 1.44. The van der Waals surface area contributed by atoms with Gasteiger partial charge >= 0.3 is 0 Å². The molecular weight excluding hydrogens is 346 g/mol. The predicted octanol–water partition coefficient (Wildman–Crippen LogP) is 2.88. The molecule has 0 atom stereocenters. The average molecular weight is 359 g/mol. The Morgan fingerprint density at radius 3 is 2.65 bits per heavy atom. The fraction of sp³-hybridized carbons (Fsp3) is 0.0526. The summed E-state index contributed by atoms with van der Waals surface area (Å²) in [5, 5.41) is 22.1. The Balaban J connectivity index is 1.72. The third kappa shape index (κ3) is 2.72. The van der Waals surface area contributed by atoms with Crippen LogP contribution in [0.15, 0.2) is 64.1 Å². The summed E-state index contributed by atoms with van der Waals surface area (Å²) in [4.78, 5) is 12.8. The zero-order valence-corrected chi connectivity index (χ0v) is 14.6. The number of rotatable bonds is 2. The lowest BCUT2D eigenvalue weighted by Crippen LogP contribution is -2.15. The van der Waals surface area contributed by atoms with Crippen molar-refractivity contribution in [3.05, 3.63) is 69.8 Å². The van der Waals surface area contributed by atoms with Crippen molar-refractivity contribution >= 4 is 28.6 Å². The highest BCUT2D eigenvalue weighted by Crippen LogP contribution is 2.23. The van der Waals surface area contributed by atoms with Crippen LogP contribution in [-0.2, 0) is 11.8 Å². The molecule has 6 nitrogen and oxygen atoms in total. The number of benzene rings is 2. The van der Waals surface area contributed by atoms with Crippen molar-refractivity contribution in [1.82, 2.24) is 4.57 Å². The molecule has 0 spiro atoms. The lowest BCUT2D eigenvalue weighted by Gasteiger charge is -2.02. The molecule has 2 heterocycles. The Morgan fingerprint density at radius 1 is 1.12 bits per heavy atom. The monoisotopic (exact) mass is 359 g/mol. The highest BCUT2D eigenvalue weighted by molar-refractivity contribution is 7.07. The molecule has 0 fully saturated rings. The molecule has 0 saturated heterocycles. The van der Waals surface area contributed by atoms with Crippen LogP contribution >= 0.6 is 11.3 Å². The van der Waals surface area contributed by atoms with Crippen LogP contribution in [0, 0.1) is 11.3 Å². The number of nitrogens with zero attached hydrogens (tertiary/aromatic N) is 4. The molecule has 0 radical (unpaired) electrons. The number of anilines is 1. The molecule has 126 valence electrons. The Hall–Kier alpha value is -3.50. The smallest absolute Gasteiger partial charge is 0.276 e. The number of amides is 1. The standard InChI is InChI=1S/C19H13N5OS/c1-24-16(13-8-6-12(10-20)7-9-13)11-26-19(24)23-22-17-14-4-2-3-5-15(14)21-18(17)25/h2-9,11H,1H3,(H,21,22,25)/b23-19-. The summed E-state index contributed by atoms with van der Waals surface area (Å²) in [7, 11) is 1.89. The van der Waals surface area contributed by atoms with E-state index in [1.165, 1.54) is 11.3 Å². The Labute approximate surface area is 153 Å². The van der Waals surface area contributed by atoms with Crippen molar-refractivity contribution < 1.29 is 4.79 Å². The first-order chi connectivity index (χ1) is 12.7. The number of carbonyl (C=O) groups is 1. The molecule has 1 aliphatic heterocycles. The number of carbonyl (C=O) groups excluding carboxylic acids is 1. The topological polar surface area (TPSA) is 82.5 Å². The molecule has 0 aliphatic carbocycles. The molecule has 1 aliphatic rings. The summed E-state index contributed by atoms with van der Waals surface area (Å²) in [5.74, 6) is -0.249. The zero-order chi connectivity index (χ0) is 18.1. The SMILES string of the molecule is Cn1c(-c2ccc(C#N)cc2)cs/c1=N\N=C1\C(=O)Nc2ccccc21. The minimum absolute atomic E-state index is 0.249. The second-order valence-corrected chi connectivity index (χ2v) is 6.54. The van der Waals surface area contributed by atoms with E-state index in [4.69, 9.17) is 5.26 Å². The fourth-order valence-corrected chi connectivity index (χ4v) is 3.59. The van der Waals surface area contributed by atoms with E-state index >= 15 is 0 Å². The number of para-hydroxylation sites is 1. The normalized spacial score (nSPS) is 15.0. The zero-order valence-electron chi connectivity index (χ0n) is 13.8. The average Bonchev–Trinajstić information content (AvgIpc) is 3.19. The van der Waals surface area contributed by atoms with Crippen LogP contribution in [0.2, 0.25) is 0 Å². The van der Waals surface area contributed by atoms with Crippen LogP contribution in [0.25, 0.3) is 11.3 Å². The number of nitriles is 1. The van der Waals surface area contributed by atoms with Gasteiger partial charge in [0.15, 0.2) is 5.71 Å². The maximum absolute atomic E-state index is 12.1. The molecular formula is C19H13N5OS. The number of fused-ring (bicyclic) bond motifs is 1. The van der Waals surface area contributed by atoms with Crippen LogP contribution in [0.1, 0.15) is 11.1 Å². The van der Waals surface area contributed by atoms with Gasteiger partial charge in [-0.2, -0.15) is 5.26 Å². The lowest BCUT2D eigenvalue weighted by molar-refractivity contribution is -0.110. The van der Waals surface area contributed by atoms with Gasteiger partial charge in [-0.15, -0.1) is 21.5 Å². The van der Waals surface area contributed by atoms with Gasteiger partial charge < -0.3 is 9.88 Å². The summed E-state index contributed by atoms with van der Waals surface area (Å²) in [6.45, 7) is 0. The van der Waals surface area contributed by atoms with E-state index in [-0.39, 0.29) is 5.91 Å². The first-order valence-electron chi connectivity index (χ1n) is 7.85. The van der Waals surface area contributed by atoms with Gasteiger partial charge in [0.2, 0.25) is 4.80 Å². The summed E-state index contributed by atoms with van der Waals surface area (Å²) in [6, 6.07) is 16.9. The summed E-state index contributed by atoms with van der Waals surface area (Å²) in [6.07, 6.45) is 0. The van der Waals surface area contributed by atoms with Crippen LogP contribution in [0.3, 0.4) is 0 Å². The van der Waals surface area contributed by atoms with Gasteiger partial charge in [0.25, 0.3) is 5.91 Å². The molecule has 26 heavy (non-hydrogen) atoms. The van der Waals surface area contributed by atoms with E-state index in [1.807, 2.05) is 53.4 Å². The van der Waals surface area contributed by atoms with Gasteiger partial charge in [-0.25, -0.2) is 0 Å². The van der Waals surface area contributed by atoms with E-state index in [2.05, 4.69) is 21.6 Å². The first kappa shape index (κ1) is 16.0. The number of thiazole rings is 1. The Morgan fingerprint density at radius 2 is 1.88 bits per heavy atom. The highest BCUT2D eigenvalue weighted by atomic mass is 32.1. The summed E-state index contributed by atoms with van der Waals surface area (Å²) in [5.41, 5.74) is 4.39. The molecule has 0 saturated carbocycles. The molecule has 2 aromatic carbocycles. The molecule has 1 amide bonds. The minimum atomic E-state index is -0.249. The van der Waals surface area contributed by atoms with Crippen molar-refractivity contribution in [3.63, 3.8) is 0 Å². The largest absolute Gasteiger partial charge is 0.320 e. The van der Waals surface area contributed by atoms with Crippen LogP contribution in [0.4, 0.5) is 5.69 Å². The maximum atomic E-state index is 12.1. The van der Waals surface area contributed by atoms with E-state index < -0.39 is 0 Å². The summed E-state index contributed by atoms with van der Waals surface area (Å²) < 4.78 is 1.91. The third-order valence-corrected chi connectivity index (χ3v) is 5.02. The predicted molar refractivity (Wildman–Crippen MR) is 101 cm³/mol. The Bertz CT molecular complexity index is 1150. The van der Waals surface area contributed by atoms with E-state index in [9.17, 15) is 4.79 Å². The Kier molecular flexibility index (Phi) is 3.95. The van der Waals surface area contributed by atoms with Crippen molar-refractivity contribution in [2.75, 3.05) is 5.32 Å². The van der Waals surface area contributed by atoms with E-state index in [0.717, 1.165) is 22.5 Å². The third-order valence-electron chi connectivity index (χ3n) is 4.12. The van der Waals surface area contributed by atoms with Gasteiger partial charge in [0.05, 0.1) is 23.0 Å². The number of nitrogens with one attached hydrogen (secondary N) is 1. The van der Waals surface area contributed by atoms with Crippen molar-refractivity contribution in [2.24, 2.45) is 17.3 Å². The van der Waals surface area contributed by atoms with Crippen molar-refractivity contribution in [2.45, 2.75) is 0 Å². The second kappa shape index (κ2) is 6.43. The number of aromatic nitrogens is 1. The molecule has 0 unspecified atom stereocenters. The maximum Gasteiger partial charge on any atom is 0.276 e. The van der Waals surface area contributed by atoms with Crippen LogP contribution in [0.5, 0.6) is 0 Å². The van der Waals surface area contributed by atoms with Gasteiger partial charge in [0, 0.05) is 18.0 Å². The molecule has 4 rings (SSSR count). The molecule has 7 heteroatoms. The van der Waals surface area contributed by atoms with E-state index in [1.54, 1.807) is 12.1 Å². The van der Waals surface area contributed by atoms with E-state index in [0.29, 0.717) is 16.1 Å². The number of hydrogen-bond acceptors (Lipinski definition) is 5. The van der Waals surface area contributed by atoms with Gasteiger partial charge in [-0.1, -0.05) is 30.3 Å². The highest BCUT2D eigenvalue weighted by Gasteiger charge is 2.25. The molecule has 1 N–H and O–H groups in total.